The van der Waals surface area contributed by atoms with Crippen LogP contribution in [0.3, 0.4) is 0 Å². The number of rotatable bonds is 7. The molecule has 188 valence electrons. The summed E-state index contributed by atoms with van der Waals surface area (Å²) in [7, 11) is 3.41. The van der Waals surface area contributed by atoms with Crippen LogP contribution in [0.25, 0.3) is 0 Å². The zero-order chi connectivity index (χ0) is 24.5. The predicted molar refractivity (Wildman–Crippen MR) is 115 cm³/mol. The Morgan fingerprint density at radius 2 is 1.67 bits per heavy atom. The molecular weight excluding hydrogens is 476 g/mol. The monoisotopic (exact) mass is 503 g/mol. The molecule has 1 amide bonds. The fourth-order valence-corrected chi connectivity index (χ4v) is 3.80. The number of ether oxygens (including phenoxy) is 1. The molecule has 1 aliphatic rings. The van der Waals surface area contributed by atoms with Gasteiger partial charge in [0.25, 0.3) is 5.54 Å². The number of likely N-dealkylation sites (N-methyl/N-ethyl adjacent to an activating group) is 2. The number of amidine groups is 1. The van der Waals surface area contributed by atoms with E-state index in [0.717, 1.165) is 19.0 Å². The fraction of sp³-hybridized carbons (Fsp3) is 0.619. The van der Waals surface area contributed by atoms with Gasteiger partial charge in [0.1, 0.15) is 17.8 Å². The summed E-state index contributed by atoms with van der Waals surface area (Å²) in [6.45, 7) is 3.82. The van der Waals surface area contributed by atoms with Crippen LogP contribution < -0.4 is 4.74 Å². The zero-order valence-corrected chi connectivity index (χ0v) is 19.7. The number of nitrogens with zero attached hydrogens (tertiary/aromatic N) is 3. The lowest BCUT2D eigenvalue weighted by atomic mass is 9.93. The highest BCUT2D eigenvalue weighted by Crippen LogP contribution is 2.53. The number of carbonyl (C=O) groups excluding carboxylic acids is 1. The van der Waals surface area contributed by atoms with Crippen molar-refractivity contribution >= 4 is 24.1 Å². The Hall–Kier alpha value is -2.17. The number of amides is 1. The smallest absolute Gasteiger partial charge is 0.426 e. The summed E-state index contributed by atoms with van der Waals surface area (Å²) in [5, 5.41) is 0. The van der Waals surface area contributed by atoms with Gasteiger partial charge in [0.2, 0.25) is 5.91 Å². The molecule has 1 unspecified atom stereocenters. The highest BCUT2D eigenvalue weighted by Gasteiger charge is 2.79. The average Bonchev–Trinajstić information content (AvgIpc) is 3.01. The highest BCUT2D eigenvalue weighted by molar-refractivity contribution is 6.01. The van der Waals surface area contributed by atoms with Crippen LogP contribution in [0.2, 0.25) is 0 Å². The number of methoxy groups -OCH3 is 1. The average molecular weight is 504 g/mol. The third kappa shape index (κ3) is 5.50. The van der Waals surface area contributed by atoms with E-state index in [2.05, 4.69) is 4.99 Å². The molecule has 12 heteroatoms. The molecule has 0 N–H and O–H groups in total. The molecule has 0 radical (unpaired) electrons. The third-order valence-electron chi connectivity index (χ3n) is 5.50. The van der Waals surface area contributed by atoms with Crippen molar-refractivity contribution in [3.05, 3.63) is 29.8 Å². The fourth-order valence-electron chi connectivity index (χ4n) is 3.80. The van der Waals surface area contributed by atoms with Gasteiger partial charge in [0, 0.05) is 26.1 Å². The standard InChI is InChI=1S/C21H27F6N3O2.ClH/c1-13(2)7-6-8-16(31)29(3)18-19(20(22,23)24,21(25,26)27)28-17(30(18)4)14-9-11-15(32-5)12-10-14;/h9-13,18H,6-8H2,1-5H3;1H. The summed E-state index contributed by atoms with van der Waals surface area (Å²) in [4.78, 5) is 17.1. The molecular formula is C21H28ClF6N3O2. The van der Waals surface area contributed by atoms with Crippen LogP contribution in [0.4, 0.5) is 26.3 Å². The van der Waals surface area contributed by atoms with Crippen LogP contribution in [0.1, 0.15) is 38.7 Å². The summed E-state index contributed by atoms with van der Waals surface area (Å²) in [5.74, 6) is -0.709. The first-order chi connectivity index (χ1) is 14.7. The minimum Gasteiger partial charge on any atom is -0.497 e. The van der Waals surface area contributed by atoms with Gasteiger partial charge in [-0.05, 0) is 36.6 Å². The van der Waals surface area contributed by atoms with E-state index in [9.17, 15) is 31.1 Å². The van der Waals surface area contributed by atoms with E-state index in [4.69, 9.17) is 4.74 Å². The lowest BCUT2D eigenvalue weighted by Crippen LogP contribution is -2.69. The molecule has 1 atom stereocenters. The van der Waals surface area contributed by atoms with Crippen LogP contribution in [0.15, 0.2) is 29.3 Å². The van der Waals surface area contributed by atoms with Gasteiger partial charge < -0.3 is 14.5 Å². The van der Waals surface area contributed by atoms with Crippen molar-refractivity contribution in [1.82, 2.24) is 9.80 Å². The topological polar surface area (TPSA) is 45.1 Å². The first-order valence-electron chi connectivity index (χ1n) is 10.0. The minimum atomic E-state index is -5.80. The zero-order valence-electron chi connectivity index (χ0n) is 18.9. The third-order valence-corrected chi connectivity index (χ3v) is 5.50. The van der Waals surface area contributed by atoms with Crippen LogP contribution in [0.5, 0.6) is 5.75 Å². The van der Waals surface area contributed by atoms with Crippen molar-refractivity contribution in [2.24, 2.45) is 10.9 Å². The van der Waals surface area contributed by atoms with Gasteiger partial charge in [0.15, 0.2) is 0 Å². The highest BCUT2D eigenvalue weighted by atomic mass is 35.5. The second-order valence-electron chi connectivity index (χ2n) is 8.20. The molecule has 0 aromatic heterocycles. The van der Waals surface area contributed by atoms with Crippen LogP contribution in [-0.4, -0.2) is 66.8 Å². The van der Waals surface area contributed by atoms with Crippen LogP contribution in [0, 0.1) is 5.92 Å². The maximum absolute atomic E-state index is 14.1. The van der Waals surface area contributed by atoms with Gasteiger partial charge in [-0.15, -0.1) is 12.4 Å². The summed E-state index contributed by atoms with van der Waals surface area (Å²) in [6, 6.07) is 5.45. The first-order valence-corrected chi connectivity index (χ1v) is 10.0. The van der Waals surface area contributed by atoms with Crippen molar-refractivity contribution in [2.75, 3.05) is 21.2 Å². The summed E-state index contributed by atoms with van der Waals surface area (Å²) in [6.07, 6.45) is -13.2. The molecule has 0 bridgehead atoms. The first kappa shape index (κ1) is 28.9. The molecule has 1 aromatic carbocycles. The molecule has 1 aliphatic heterocycles. The number of carbonyl (C=O) groups is 1. The maximum Gasteiger partial charge on any atom is 0.426 e. The van der Waals surface area contributed by atoms with Crippen molar-refractivity contribution < 1.29 is 35.9 Å². The summed E-state index contributed by atoms with van der Waals surface area (Å²) >= 11 is 0. The molecule has 0 saturated heterocycles. The molecule has 2 rings (SSSR count). The normalized spacial score (nSPS) is 18.1. The predicted octanol–water partition coefficient (Wildman–Crippen LogP) is 5.28. The molecule has 1 aromatic rings. The Labute approximate surface area is 195 Å². The lowest BCUT2D eigenvalue weighted by molar-refractivity contribution is -0.312. The maximum atomic E-state index is 14.1. The number of aliphatic imine (C=N–C) groups is 1. The van der Waals surface area contributed by atoms with Gasteiger partial charge in [-0.1, -0.05) is 20.3 Å². The van der Waals surface area contributed by atoms with Gasteiger partial charge in [-0.2, -0.15) is 26.3 Å². The minimum absolute atomic E-state index is 0. The Morgan fingerprint density at radius 1 is 1.15 bits per heavy atom. The Bertz CT molecular complexity index is 826. The quantitative estimate of drug-likeness (QED) is 0.475. The number of hydrogen-bond donors (Lipinski definition) is 0. The van der Waals surface area contributed by atoms with Crippen molar-refractivity contribution in [3.8, 4) is 5.75 Å². The molecule has 0 fully saturated rings. The Balaban J connectivity index is 0.00000544. The molecule has 0 saturated carbocycles. The number of hydrogen-bond acceptors (Lipinski definition) is 4. The SMILES string of the molecule is COc1ccc(C2=NC(C(F)(F)F)(C(F)(F)F)C(N(C)C(=O)CCCC(C)C)N2C)cc1.Cl. The van der Waals surface area contributed by atoms with Gasteiger partial charge in [-0.3, -0.25) is 4.79 Å². The number of benzene rings is 1. The molecule has 33 heavy (non-hydrogen) atoms. The molecule has 0 aliphatic carbocycles. The van der Waals surface area contributed by atoms with Crippen molar-refractivity contribution in [1.29, 1.82) is 0 Å². The summed E-state index contributed by atoms with van der Waals surface area (Å²) in [5.41, 5.74) is -4.46. The van der Waals surface area contributed by atoms with Crippen LogP contribution >= 0.6 is 12.4 Å². The Morgan fingerprint density at radius 3 is 2.09 bits per heavy atom. The molecule has 1 heterocycles. The Kier molecular flexibility index (Phi) is 9.09. The molecule has 0 spiro atoms. The van der Waals surface area contributed by atoms with Gasteiger partial charge in [0.05, 0.1) is 7.11 Å². The largest absolute Gasteiger partial charge is 0.497 e. The number of halogens is 7. The van der Waals surface area contributed by atoms with E-state index < -0.39 is 35.8 Å². The summed E-state index contributed by atoms with van der Waals surface area (Å²) < 4.78 is 89.7. The van der Waals surface area contributed by atoms with E-state index in [1.54, 1.807) is 0 Å². The van der Waals surface area contributed by atoms with E-state index in [0.29, 0.717) is 23.5 Å². The second kappa shape index (κ2) is 10.4. The van der Waals surface area contributed by atoms with Gasteiger partial charge >= 0.3 is 12.4 Å². The van der Waals surface area contributed by atoms with Crippen LogP contribution in [-0.2, 0) is 4.79 Å². The van der Waals surface area contributed by atoms with Crippen molar-refractivity contribution in [2.45, 2.75) is 57.2 Å². The second-order valence-corrected chi connectivity index (χ2v) is 8.20. The van der Waals surface area contributed by atoms with E-state index in [1.165, 1.54) is 31.4 Å². The number of alkyl halides is 6. The molecule has 5 nitrogen and oxygen atoms in total. The van der Waals surface area contributed by atoms with E-state index in [-0.39, 0.29) is 30.3 Å². The van der Waals surface area contributed by atoms with Crippen molar-refractivity contribution in [3.63, 3.8) is 0 Å². The van der Waals surface area contributed by atoms with E-state index >= 15 is 0 Å². The van der Waals surface area contributed by atoms with E-state index in [1.807, 2.05) is 13.8 Å². The van der Waals surface area contributed by atoms with Gasteiger partial charge in [-0.25, -0.2) is 4.99 Å². The lowest BCUT2D eigenvalue weighted by Gasteiger charge is -2.42.